The lowest BCUT2D eigenvalue weighted by molar-refractivity contribution is 0.0682. The molecule has 1 aliphatic heterocycles. The Bertz CT molecular complexity index is 590. The van der Waals surface area contributed by atoms with Gasteiger partial charge in [0.1, 0.15) is 18.1 Å². The van der Waals surface area contributed by atoms with E-state index in [1.807, 2.05) is 13.1 Å². The van der Waals surface area contributed by atoms with E-state index in [9.17, 15) is 8.78 Å². The van der Waals surface area contributed by atoms with Gasteiger partial charge in [-0.15, -0.1) is 0 Å². The average molecular weight is 360 g/mol. The van der Waals surface area contributed by atoms with Gasteiger partial charge in [-0.25, -0.2) is 14.2 Å². The summed E-state index contributed by atoms with van der Waals surface area (Å²) in [5, 5.41) is 5.30. The molecule has 0 amide bonds. The third kappa shape index (κ3) is 5.61. The highest BCUT2D eigenvalue weighted by Crippen LogP contribution is 2.22. The molecule has 0 radical (unpaired) electrons. The highest BCUT2D eigenvalue weighted by atomic mass is 35.5. The fraction of sp³-hybridized carbons (Fsp3) is 0.529. The van der Waals surface area contributed by atoms with E-state index in [-0.39, 0.29) is 18.5 Å². The van der Waals surface area contributed by atoms with Crippen molar-refractivity contribution < 1.29 is 13.5 Å². The number of hydrazine groups is 1. The maximum Gasteiger partial charge on any atom is 0.201 e. The molecule has 2 N–H and O–H groups in total. The maximum atomic E-state index is 13.8. The molecule has 1 aromatic carbocycles. The molecule has 1 heterocycles. The van der Waals surface area contributed by atoms with E-state index < -0.39 is 5.67 Å². The van der Waals surface area contributed by atoms with Crippen LogP contribution in [0.1, 0.15) is 25.8 Å². The van der Waals surface area contributed by atoms with Crippen LogP contribution in [-0.2, 0) is 11.3 Å². The molecular weight excluding hydrogens is 336 g/mol. The number of benzene rings is 1. The van der Waals surface area contributed by atoms with Crippen LogP contribution in [0.4, 0.5) is 8.78 Å². The molecule has 1 atom stereocenters. The quantitative estimate of drug-likeness (QED) is 0.746. The lowest BCUT2D eigenvalue weighted by Gasteiger charge is -2.26. The number of likely N-dealkylation sites (N-methyl/N-ethyl adjacent to an activating group) is 1. The third-order valence-electron chi connectivity index (χ3n) is 3.67. The van der Waals surface area contributed by atoms with Crippen LogP contribution in [0.5, 0.6) is 0 Å². The number of ether oxygens (including phenoxy) is 1. The molecule has 2 rings (SSSR count). The Labute approximate surface area is 146 Å². The fourth-order valence-electron chi connectivity index (χ4n) is 2.37. The Morgan fingerprint density at radius 1 is 1.42 bits per heavy atom. The second kappa shape index (κ2) is 8.14. The molecule has 0 bridgehead atoms. The van der Waals surface area contributed by atoms with Gasteiger partial charge in [0.2, 0.25) is 5.88 Å². The summed E-state index contributed by atoms with van der Waals surface area (Å²) in [6.45, 7) is 4.29. The smallest absolute Gasteiger partial charge is 0.201 e. The van der Waals surface area contributed by atoms with E-state index in [2.05, 4.69) is 10.7 Å². The third-order valence-corrected chi connectivity index (χ3v) is 3.90. The van der Waals surface area contributed by atoms with E-state index in [1.165, 1.54) is 12.1 Å². The van der Waals surface area contributed by atoms with Crippen molar-refractivity contribution in [3.05, 3.63) is 46.6 Å². The normalized spacial score (nSPS) is 18.0. The summed E-state index contributed by atoms with van der Waals surface area (Å²) in [6, 6.07) is 4.39. The molecule has 1 aliphatic rings. The summed E-state index contributed by atoms with van der Waals surface area (Å²) in [6.07, 6.45) is 2.25. The SMILES string of the molecule is CNCC1C=C(OCc2cc(Cl)ccc2F)N(CCC(C)(C)F)N1. The number of nitrogens with one attached hydrogen (secondary N) is 2. The van der Waals surface area contributed by atoms with Crippen LogP contribution in [0.2, 0.25) is 5.02 Å². The Morgan fingerprint density at radius 3 is 2.83 bits per heavy atom. The van der Waals surface area contributed by atoms with Gasteiger partial charge in [-0.2, -0.15) is 0 Å². The summed E-state index contributed by atoms with van der Waals surface area (Å²) in [4.78, 5) is 0. The van der Waals surface area contributed by atoms with E-state index in [0.29, 0.717) is 36.0 Å². The summed E-state index contributed by atoms with van der Waals surface area (Å²) in [5.41, 5.74) is 2.35. The molecule has 0 aliphatic carbocycles. The van der Waals surface area contributed by atoms with Crippen LogP contribution in [0, 0.1) is 5.82 Å². The molecule has 0 saturated carbocycles. The standard InChI is InChI=1S/C17H24ClF2N3O/c1-17(2,20)6-7-23-16(9-14(22-23)10-21-3)24-11-12-8-13(18)4-5-15(12)19/h4-5,8-9,14,21-22H,6-7,10-11H2,1-3H3. The number of rotatable bonds is 8. The van der Waals surface area contributed by atoms with Crippen molar-refractivity contribution in [1.82, 2.24) is 15.8 Å². The van der Waals surface area contributed by atoms with Crippen LogP contribution < -0.4 is 10.7 Å². The predicted octanol–water partition coefficient (Wildman–Crippen LogP) is 3.38. The second-order valence-electron chi connectivity index (χ2n) is 6.44. The van der Waals surface area contributed by atoms with Crippen molar-refractivity contribution in [1.29, 1.82) is 0 Å². The fourth-order valence-corrected chi connectivity index (χ4v) is 2.57. The minimum absolute atomic E-state index is 0.0388. The maximum absolute atomic E-state index is 13.8. The average Bonchev–Trinajstić information content (AvgIpc) is 2.88. The van der Waals surface area contributed by atoms with Gasteiger partial charge < -0.3 is 10.1 Å². The zero-order valence-electron chi connectivity index (χ0n) is 14.2. The van der Waals surface area contributed by atoms with Gasteiger partial charge in [0.25, 0.3) is 0 Å². The predicted molar refractivity (Wildman–Crippen MR) is 91.6 cm³/mol. The van der Waals surface area contributed by atoms with Gasteiger partial charge in [0, 0.05) is 30.1 Å². The lowest BCUT2D eigenvalue weighted by Crippen LogP contribution is -2.43. The van der Waals surface area contributed by atoms with E-state index >= 15 is 0 Å². The largest absolute Gasteiger partial charge is 0.473 e. The van der Waals surface area contributed by atoms with Gasteiger partial charge in [0.15, 0.2) is 0 Å². The Kier molecular flexibility index (Phi) is 6.43. The van der Waals surface area contributed by atoms with Crippen molar-refractivity contribution in [2.45, 2.75) is 38.6 Å². The van der Waals surface area contributed by atoms with Crippen molar-refractivity contribution >= 4 is 11.6 Å². The summed E-state index contributed by atoms with van der Waals surface area (Å²) in [7, 11) is 1.85. The molecular formula is C17H24ClF2N3O. The van der Waals surface area contributed by atoms with Crippen LogP contribution >= 0.6 is 11.6 Å². The molecule has 0 spiro atoms. The summed E-state index contributed by atoms with van der Waals surface area (Å²) in [5.74, 6) is 0.202. The van der Waals surface area contributed by atoms with Crippen molar-refractivity contribution in [3.8, 4) is 0 Å². The van der Waals surface area contributed by atoms with Gasteiger partial charge >= 0.3 is 0 Å². The molecule has 0 fully saturated rings. The van der Waals surface area contributed by atoms with Gasteiger partial charge in [-0.05, 0) is 45.2 Å². The van der Waals surface area contributed by atoms with Crippen LogP contribution in [0.25, 0.3) is 0 Å². The topological polar surface area (TPSA) is 36.5 Å². The number of hydrogen-bond acceptors (Lipinski definition) is 4. The first-order valence-electron chi connectivity index (χ1n) is 7.94. The highest BCUT2D eigenvalue weighted by molar-refractivity contribution is 6.30. The molecule has 134 valence electrons. The zero-order chi connectivity index (χ0) is 17.7. The monoisotopic (exact) mass is 359 g/mol. The first-order chi connectivity index (χ1) is 11.3. The molecule has 7 heteroatoms. The van der Waals surface area contributed by atoms with Crippen LogP contribution in [0.15, 0.2) is 30.2 Å². The number of nitrogens with zero attached hydrogens (tertiary/aromatic N) is 1. The van der Waals surface area contributed by atoms with E-state index in [4.69, 9.17) is 16.3 Å². The van der Waals surface area contributed by atoms with Crippen LogP contribution in [-0.4, -0.2) is 36.9 Å². The summed E-state index contributed by atoms with van der Waals surface area (Å²) < 4.78 is 33.3. The second-order valence-corrected chi connectivity index (χ2v) is 6.88. The molecule has 0 aromatic heterocycles. The van der Waals surface area contributed by atoms with Gasteiger partial charge in [-0.1, -0.05) is 11.6 Å². The Hall–Kier alpha value is -1.37. The number of halogens is 3. The van der Waals surface area contributed by atoms with Crippen molar-refractivity contribution in [2.24, 2.45) is 0 Å². The first kappa shape index (κ1) is 19.0. The zero-order valence-corrected chi connectivity index (χ0v) is 15.0. The highest BCUT2D eigenvalue weighted by Gasteiger charge is 2.26. The molecule has 24 heavy (non-hydrogen) atoms. The molecule has 0 saturated heterocycles. The van der Waals surface area contributed by atoms with Gasteiger partial charge in [-0.3, -0.25) is 5.01 Å². The van der Waals surface area contributed by atoms with Crippen molar-refractivity contribution in [2.75, 3.05) is 20.1 Å². The number of hydrogen-bond donors (Lipinski definition) is 2. The van der Waals surface area contributed by atoms with E-state index in [0.717, 1.165) is 0 Å². The van der Waals surface area contributed by atoms with Crippen molar-refractivity contribution in [3.63, 3.8) is 0 Å². The van der Waals surface area contributed by atoms with Crippen LogP contribution in [0.3, 0.4) is 0 Å². The Morgan fingerprint density at radius 2 is 2.17 bits per heavy atom. The van der Waals surface area contributed by atoms with Gasteiger partial charge in [0.05, 0.1) is 6.04 Å². The summed E-state index contributed by atoms with van der Waals surface area (Å²) >= 11 is 5.90. The lowest BCUT2D eigenvalue weighted by atomic mass is 10.1. The number of alkyl halides is 1. The Balaban J connectivity index is 2.02. The molecule has 1 unspecified atom stereocenters. The minimum atomic E-state index is -1.27. The molecule has 1 aromatic rings. The minimum Gasteiger partial charge on any atom is -0.473 e. The molecule has 4 nitrogen and oxygen atoms in total. The van der Waals surface area contributed by atoms with E-state index in [1.54, 1.807) is 24.9 Å². The first-order valence-corrected chi connectivity index (χ1v) is 8.32.